The molecule has 1 aromatic carbocycles. The van der Waals surface area contributed by atoms with Crippen LogP contribution in [0.4, 0.5) is 0 Å². The standard InChI is InChI=1S/C15H24NO8PS2/c17-25(18,19)24-14(12-26(20,21)11-13-6-4-5-7-13)10-16-27(22,23)15-8-2-1-3-9-15/h1-3,8-9,13-14,16H,4-7,10-12H2,(H2,17,18,19). The van der Waals surface area contributed by atoms with E-state index in [-0.39, 0.29) is 16.6 Å². The van der Waals surface area contributed by atoms with Crippen molar-refractivity contribution in [1.82, 2.24) is 4.72 Å². The minimum atomic E-state index is -5.00. The van der Waals surface area contributed by atoms with Gasteiger partial charge in [0.2, 0.25) is 10.0 Å². The van der Waals surface area contributed by atoms with Gasteiger partial charge in [-0.25, -0.2) is 26.1 Å². The van der Waals surface area contributed by atoms with Crippen LogP contribution in [0.3, 0.4) is 0 Å². The third-order valence-corrected chi connectivity index (χ3v) is 8.12. The smallest absolute Gasteiger partial charge is 0.303 e. The van der Waals surface area contributed by atoms with E-state index in [4.69, 9.17) is 9.79 Å². The molecule has 2 rings (SSSR count). The topological polar surface area (TPSA) is 147 Å². The van der Waals surface area contributed by atoms with Crippen LogP contribution in [0.25, 0.3) is 0 Å². The summed E-state index contributed by atoms with van der Waals surface area (Å²) in [6, 6.07) is 7.36. The van der Waals surface area contributed by atoms with Crippen molar-refractivity contribution in [2.75, 3.05) is 18.1 Å². The van der Waals surface area contributed by atoms with Gasteiger partial charge in [0, 0.05) is 6.54 Å². The lowest BCUT2D eigenvalue weighted by atomic mass is 10.1. The minimum absolute atomic E-state index is 0.0201. The molecule has 1 aliphatic rings. The van der Waals surface area contributed by atoms with E-state index in [0.29, 0.717) is 0 Å². The van der Waals surface area contributed by atoms with Crippen LogP contribution in [0.5, 0.6) is 0 Å². The van der Waals surface area contributed by atoms with Crippen LogP contribution in [0.15, 0.2) is 35.2 Å². The third kappa shape index (κ3) is 7.98. The second-order valence-corrected chi connectivity index (χ2v) is 11.7. The zero-order valence-corrected chi connectivity index (χ0v) is 17.1. The molecule has 1 saturated carbocycles. The first kappa shape index (κ1) is 22.5. The van der Waals surface area contributed by atoms with Crippen molar-refractivity contribution in [2.24, 2.45) is 5.92 Å². The number of sulfone groups is 1. The number of sulfonamides is 1. The quantitative estimate of drug-likeness (QED) is 0.457. The molecular formula is C15H24NO8PS2. The highest BCUT2D eigenvalue weighted by molar-refractivity contribution is 7.91. The molecule has 154 valence electrons. The van der Waals surface area contributed by atoms with Gasteiger partial charge in [-0.3, -0.25) is 4.52 Å². The third-order valence-electron chi connectivity index (χ3n) is 4.25. The summed E-state index contributed by atoms with van der Waals surface area (Å²) in [7, 11) is -12.6. The Hall–Kier alpha value is -0.810. The summed E-state index contributed by atoms with van der Waals surface area (Å²) >= 11 is 0. The van der Waals surface area contributed by atoms with Gasteiger partial charge in [0.25, 0.3) is 0 Å². The van der Waals surface area contributed by atoms with Gasteiger partial charge in [-0.15, -0.1) is 0 Å². The summed E-state index contributed by atoms with van der Waals surface area (Å²) in [5.74, 6) is -0.752. The zero-order valence-electron chi connectivity index (χ0n) is 14.6. The second-order valence-electron chi connectivity index (χ2n) is 6.61. The molecule has 1 aliphatic carbocycles. The molecule has 0 amide bonds. The van der Waals surface area contributed by atoms with Crippen molar-refractivity contribution in [1.29, 1.82) is 0 Å². The van der Waals surface area contributed by atoms with Crippen molar-refractivity contribution < 1.29 is 35.7 Å². The van der Waals surface area contributed by atoms with Gasteiger partial charge < -0.3 is 9.79 Å². The molecule has 12 heteroatoms. The Morgan fingerprint density at radius 3 is 2.26 bits per heavy atom. The molecule has 1 aromatic rings. The van der Waals surface area contributed by atoms with Gasteiger partial charge in [0.15, 0.2) is 9.84 Å². The normalized spacial score (nSPS) is 17.9. The molecule has 0 saturated heterocycles. The monoisotopic (exact) mass is 441 g/mol. The van der Waals surface area contributed by atoms with E-state index in [0.717, 1.165) is 25.7 Å². The molecule has 1 atom stereocenters. The predicted molar refractivity (Wildman–Crippen MR) is 99.2 cm³/mol. The van der Waals surface area contributed by atoms with E-state index in [2.05, 4.69) is 9.25 Å². The van der Waals surface area contributed by atoms with Gasteiger partial charge >= 0.3 is 7.82 Å². The summed E-state index contributed by atoms with van der Waals surface area (Å²) < 4.78 is 67.1. The van der Waals surface area contributed by atoms with Crippen LogP contribution in [0.2, 0.25) is 0 Å². The Morgan fingerprint density at radius 1 is 1.11 bits per heavy atom. The molecule has 1 fully saturated rings. The van der Waals surface area contributed by atoms with Crippen LogP contribution in [0, 0.1) is 5.92 Å². The number of hydrogen-bond donors (Lipinski definition) is 3. The van der Waals surface area contributed by atoms with Crippen LogP contribution in [-0.4, -0.2) is 50.8 Å². The van der Waals surface area contributed by atoms with Crippen LogP contribution >= 0.6 is 7.82 Å². The Bertz CT molecular complexity index is 860. The highest BCUT2D eigenvalue weighted by Crippen LogP contribution is 2.38. The van der Waals surface area contributed by atoms with Crippen LogP contribution in [-0.2, 0) is 28.9 Å². The number of hydrogen-bond acceptors (Lipinski definition) is 6. The SMILES string of the molecule is O=P(O)(O)OC(CNS(=O)(=O)c1ccccc1)CS(=O)(=O)CC1CCCC1. The molecule has 3 N–H and O–H groups in total. The fraction of sp³-hybridized carbons (Fsp3) is 0.600. The van der Waals surface area contributed by atoms with Crippen molar-refractivity contribution in [2.45, 2.75) is 36.7 Å². The lowest BCUT2D eigenvalue weighted by Gasteiger charge is -2.20. The number of benzene rings is 1. The van der Waals surface area contributed by atoms with Gasteiger partial charge in [0.05, 0.1) is 22.5 Å². The molecule has 0 aromatic heterocycles. The van der Waals surface area contributed by atoms with Crippen molar-refractivity contribution in [3.8, 4) is 0 Å². The zero-order chi connectivity index (χ0) is 20.1. The average molecular weight is 441 g/mol. The number of rotatable bonds is 10. The van der Waals surface area contributed by atoms with Crippen molar-refractivity contribution >= 4 is 27.7 Å². The first-order valence-corrected chi connectivity index (χ1v) is 13.3. The maximum atomic E-state index is 12.4. The maximum Gasteiger partial charge on any atom is 0.469 e. The summed E-state index contributed by atoms with van der Waals surface area (Å²) in [5, 5.41) is 0. The van der Waals surface area contributed by atoms with Crippen molar-refractivity contribution in [3.05, 3.63) is 30.3 Å². The summed E-state index contributed by atoms with van der Waals surface area (Å²) in [5.41, 5.74) is 0. The number of phosphoric ester groups is 1. The second kappa shape index (κ2) is 9.13. The maximum absolute atomic E-state index is 12.4. The van der Waals surface area contributed by atoms with E-state index >= 15 is 0 Å². The van der Waals surface area contributed by atoms with E-state index in [1.807, 2.05) is 0 Å². The lowest BCUT2D eigenvalue weighted by molar-refractivity contribution is 0.148. The molecule has 1 unspecified atom stereocenters. The van der Waals surface area contributed by atoms with E-state index in [1.54, 1.807) is 6.07 Å². The van der Waals surface area contributed by atoms with Crippen LogP contribution in [0.1, 0.15) is 25.7 Å². The van der Waals surface area contributed by atoms with Crippen molar-refractivity contribution in [3.63, 3.8) is 0 Å². The van der Waals surface area contributed by atoms with E-state index < -0.39 is 46.1 Å². The van der Waals surface area contributed by atoms with Gasteiger partial charge in [-0.2, -0.15) is 0 Å². The fourth-order valence-electron chi connectivity index (χ4n) is 3.09. The molecular weight excluding hydrogens is 417 g/mol. The Morgan fingerprint density at radius 2 is 1.70 bits per heavy atom. The molecule has 0 bridgehead atoms. The van der Waals surface area contributed by atoms with E-state index in [9.17, 15) is 21.4 Å². The molecule has 0 aliphatic heterocycles. The summed E-state index contributed by atoms with van der Waals surface area (Å²) in [4.78, 5) is 18.0. The Balaban J connectivity index is 2.06. The number of nitrogens with one attached hydrogen (secondary N) is 1. The first-order valence-electron chi connectivity index (χ1n) is 8.46. The highest BCUT2D eigenvalue weighted by Gasteiger charge is 2.31. The molecule has 9 nitrogen and oxygen atoms in total. The predicted octanol–water partition coefficient (Wildman–Crippen LogP) is 1.05. The Kier molecular flexibility index (Phi) is 7.60. The largest absolute Gasteiger partial charge is 0.469 e. The van der Waals surface area contributed by atoms with E-state index in [1.165, 1.54) is 24.3 Å². The highest BCUT2D eigenvalue weighted by atomic mass is 32.2. The first-order chi connectivity index (χ1) is 12.5. The number of phosphoric acid groups is 1. The fourth-order valence-corrected chi connectivity index (χ4v) is 6.76. The van der Waals surface area contributed by atoms with Gasteiger partial charge in [-0.05, 0) is 30.9 Å². The molecule has 27 heavy (non-hydrogen) atoms. The summed E-state index contributed by atoms with van der Waals surface area (Å²) in [6.07, 6.45) is 2.00. The summed E-state index contributed by atoms with van der Waals surface area (Å²) in [6.45, 7) is -0.577. The molecule has 0 spiro atoms. The van der Waals surface area contributed by atoms with Gasteiger partial charge in [-0.1, -0.05) is 31.0 Å². The minimum Gasteiger partial charge on any atom is -0.303 e. The molecule has 0 heterocycles. The Labute approximate surface area is 159 Å². The van der Waals surface area contributed by atoms with Crippen LogP contribution < -0.4 is 4.72 Å². The average Bonchev–Trinajstić information content (AvgIpc) is 3.04. The lowest BCUT2D eigenvalue weighted by Crippen LogP contribution is -2.38. The molecule has 0 radical (unpaired) electrons. The van der Waals surface area contributed by atoms with Gasteiger partial charge in [0.1, 0.15) is 0 Å².